The van der Waals surface area contributed by atoms with Crippen molar-refractivity contribution in [1.82, 2.24) is 5.32 Å². The molecule has 1 amide bonds. The molecule has 1 heterocycles. The van der Waals surface area contributed by atoms with Crippen LogP contribution in [0, 0.1) is 12.8 Å². The molecule has 34 heavy (non-hydrogen) atoms. The molecule has 4 rings (SSSR count). The first-order valence-electron chi connectivity index (χ1n) is 11.6. The van der Waals surface area contributed by atoms with Gasteiger partial charge < -0.3 is 19.2 Å². The van der Waals surface area contributed by atoms with Gasteiger partial charge in [-0.25, -0.2) is 14.4 Å². The standard InChI is InChI=1S/C27H29NO6/c1-16(2)12-21(28-27(31)32-15-18-8-5-4-6-9-18)26(30)34-23-14-17(3)13-22-24(23)19-10-7-11-20(19)25(29)33-22/h4-6,8-9,13-14,16,21H,7,10-12,15H2,1-3H3,(H,28,31). The van der Waals surface area contributed by atoms with E-state index in [0.29, 0.717) is 35.1 Å². The molecule has 3 aromatic rings. The van der Waals surface area contributed by atoms with Crippen LogP contribution in [-0.4, -0.2) is 18.1 Å². The van der Waals surface area contributed by atoms with Crippen molar-refractivity contribution in [1.29, 1.82) is 0 Å². The van der Waals surface area contributed by atoms with Gasteiger partial charge in [-0.15, -0.1) is 0 Å². The summed E-state index contributed by atoms with van der Waals surface area (Å²) in [6, 6.07) is 12.0. The molecule has 2 aromatic carbocycles. The maximum absolute atomic E-state index is 13.2. The molecule has 1 aromatic heterocycles. The van der Waals surface area contributed by atoms with Crippen LogP contribution in [0.15, 0.2) is 51.7 Å². The van der Waals surface area contributed by atoms with Crippen molar-refractivity contribution < 1.29 is 23.5 Å². The van der Waals surface area contributed by atoms with Crippen molar-refractivity contribution in [2.24, 2.45) is 5.92 Å². The van der Waals surface area contributed by atoms with E-state index < -0.39 is 18.1 Å². The maximum Gasteiger partial charge on any atom is 0.408 e. The quantitative estimate of drug-likeness (QED) is 0.306. The fourth-order valence-corrected chi connectivity index (χ4v) is 4.36. The lowest BCUT2D eigenvalue weighted by atomic mass is 10.0. The summed E-state index contributed by atoms with van der Waals surface area (Å²) in [7, 11) is 0. The predicted octanol–water partition coefficient (Wildman–Crippen LogP) is 4.84. The zero-order valence-corrected chi connectivity index (χ0v) is 19.7. The summed E-state index contributed by atoms with van der Waals surface area (Å²) >= 11 is 0. The summed E-state index contributed by atoms with van der Waals surface area (Å²) in [6.45, 7) is 5.86. The minimum atomic E-state index is -0.886. The van der Waals surface area contributed by atoms with Crippen LogP contribution in [0.25, 0.3) is 11.0 Å². The van der Waals surface area contributed by atoms with E-state index in [0.717, 1.165) is 29.5 Å². The number of fused-ring (bicyclic) bond motifs is 3. The summed E-state index contributed by atoms with van der Waals surface area (Å²) in [4.78, 5) is 38.0. The van der Waals surface area contributed by atoms with Gasteiger partial charge in [0.25, 0.3) is 0 Å². The third-order valence-corrected chi connectivity index (χ3v) is 5.89. The number of benzene rings is 2. The summed E-state index contributed by atoms with van der Waals surface area (Å²) in [5.41, 5.74) is 3.25. The predicted molar refractivity (Wildman–Crippen MR) is 128 cm³/mol. The van der Waals surface area contributed by atoms with E-state index >= 15 is 0 Å². The van der Waals surface area contributed by atoms with Crippen molar-refractivity contribution in [3.8, 4) is 5.75 Å². The number of hydrogen-bond acceptors (Lipinski definition) is 6. The molecule has 1 unspecified atom stereocenters. The van der Waals surface area contributed by atoms with E-state index in [1.165, 1.54) is 0 Å². The summed E-state index contributed by atoms with van der Waals surface area (Å²) in [5.74, 6) is -0.117. The lowest BCUT2D eigenvalue weighted by Crippen LogP contribution is -2.44. The lowest BCUT2D eigenvalue weighted by molar-refractivity contribution is -0.137. The third kappa shape index (κ3) is 5.30. The highest BCUT2D eigenvalue weighted by molar-refractivity contribution is 5.92. The second-order valence-electron chi connectivity index (χ2n) is 9.15. The van der Waals surface area contributed by atoms with E-state index in [9.17, 15) is 14.4 Å². The lowest BCUT2D eigenvalue weighted by Gasteiger charge is -2.20. The Morgan fingerprint density at radius 2 is 1.82 bits per heavy atom. The Hall–Kier alpha value is -3.61. The van der Waals surface area contributed by atoms with E-state index in [4.69, 9.17) is 13.9 Å². The van der Waals surface area contributed by atoms with Crippen LogP contribution in [0.2, 0.25) is 0 Å². The van der Waals surface area contributed by atoms with Gasteiger partial charge in [0.05, 0.1) is 5.39 Å². The van der Waals surface area contributed by atoms with Gasteiger partial charge in [0.1, 0.15) is 24.0 Å². The van der Waals surface area contributed by atoms with Gasteiger partial charge in [-0.2, -0.15) is 0 Å². The van der Waals surface area contributed by atoms with Crippen molar-refractivity contribution in [2.75, 3.05) is 0 Å². The SMILES string of the molecule is Cc1cc(OC(=O)C(CC(C)C)NC(=O)OCc2ccccc2)c2c3c(c(=O)oc2c1)CCC3. The van der Waals surface area contributed by atoms with Crippen molar-refractivity contribution >= 4 is 23.0 Å². The molecule has 1 aliphatic carbocycles. The Morgan fingerprint density at radius 1 is 1.09 bits per heavy atom. The molecular formula is C27H29NO6. The molecule has 1 atom stereocenters. The molecular weight excluding hydrogens is 434 g/mol. The number of aryl methyl sites for hydroxylation is 2. The molecule has 1 aliphatic rings. The fraction of sp³-hybridized carbons (Fsp3) is 0.370. The highest BCUT2D eigenvalue weighted by atomic mass is 16.6. The second kappa shape index (κ2) is 10.1. The largest absolute Gasteiger partial charge is 0.445 e. The first-order chi connectivity index (χ1) is 16.3. The molecule has 0 saturated carbocycles. The zero-order chi connectivity index (χ0) is 24.2. The maximum atomic E-state index is 13.2. The van der Waals surface area contributed by atoms with Gasteiger partial charge in [0.15, 0.2) is 0 Å². The number of rotatable bonds is 7. The van der Waals surface area contributed by atoms with Crippen molar-refractivity contribution in [3.05, 3.63) is 75.1 Å². The number of hydrogen-bond donors (Lipinski definition) is 1. The fourth-order valence-electron chi connectivity index (χ4n) is 4.36. The van der Waals surface area contributed by atoms with Crippen LogP contribution in [-0.2, 0) is 29.0 Å². The van der Waals surface area contributed by atoms with Gasteiger partial charge in [0.2, 0.25) is 0 Å². The van der Waals surface area contributed by atoms with Gasteiger partial charge in [-0.05, 0) is 67.3 Å². The van der Waals surface area contributed by atoms with Gasteiger partial charge in [-0.3, -0.25) is 0 Å². The molecule has 178 valence electrons. The van der Waals surface area contributed by atoms with E-state index in [1.54, 1.807) is 12.1 Å². The molecule has 7 nitrogen and oxygen atoms in total. The number of nitrogens with one attached hydrogen (secondary N) is 1. The topological polar surface area (TPSA) is 94.8 Å². The molecule has 0 bridgehead atoms. The molecule has 1 N–H and O–H groups in total. The number of carbonyl (C=O) groups excluding carboxylic acids is 2. The summed E-state index contributed by atoms with van der Waals surface area (Å²) in [6.07, 6.45) is 1.93. The number of ether oxygens (including phenoxy) is 2. The molecule has 0 aliphatic heterocycles. The highest BCUT2D eigenvalue weighted by Crippen LogP contribution is 2.35. The normalized spacial score (nSPS) is 13.5. The molecule has 7 heteroatoms. The summed E-state index contributed by atoms with van der Waals surface area (Å²) < 4.78 is 16.7. The van der Waals surface area contributed by atoms with Crippen LogP contribution < -0.4 is 15.7 Å². The first kappa shape index (κ1) is 23.5. The number of alkyl carbamates (subject to hydrolysis) is 1. The van der Waals surface area contributed by atoms with Gasteiger partial charge in [-0.1, -0.05) is 44.2 Å². The molecule has 0 radical (unpaired) electrons. The zero-order valence-electron chi connectivity index (χ0n) is 19.7. The monoisotopic (exact) mass is 463 g/mol. The van der Waals surface area contributed by atoms with Crippen LogP contribution in [0.1, 0.15) is 48.9 Å². The van der Waals surface area contributed by atoms with Crippen molar-refractivity contribution in [2.45, 2.75) is 59.1 Å². The van der Waals surface area contributed by atoms with E-state index in [1.807, 2.05) is 51.1 Å². The van der Waals surface area contributed by atoms with Crippen LogP contribution >= 0.6 is 0 Å². The minimum absolute atomic E-state index is 0.101. The Labute approximate surface area is 198 Å². The number of esters is 1. The minimum Gasteiger partial charge on any atom is -0.445 e. The van der Waals surface area contributed by atoms with E-state index in [2.05, 4.69) is 5.32 Å². The highest BCUT2D eigenvalue weighted by Gasteiger charge is 2.28. The molecule has 0 saturated heterocycles. The third-order valence-electron chi connectivity index (χ3n) is 5.89. The molecule has 0 spiro atoms. The van der Waals surface area contributed by atoms with Crippen LogP contribution in [0.3, 0.4) is 0 Å². The summed E-state index contributed by atoms with van der Waals surface area (Å²) in [5, 5.41) is 3.31. The Morgan fingerprint density at radius 3 is 2.56 bits per heavy atom. The smallest absolute Gasteiger partial charge is 0.408 e. The van der Waals surface area contributed by atoms with Crippen LogP contribution in [0.5, 0.6) is 5.75 Å². The average Bonchev–Trinajstić information content (AvgIpc) is 3.28. The molecule has 0 fully saturated rings. The average molecular weight is 464 g/mol. The first-order valence-corrected chi connectivity index (χ1v) is 11.6. The van der Waals surface area contributed by atoms with Crippen LogP contribution in [0.4, 0.5) is 4.79 Å². The Balaban J connectivity index is 1.55. The van der Waals surface area contributed by atoms with Gasteiger partial charge >= 0.3 is 17.7 Å². The number of carbonyl (C=O) groups is 2. The van der Waals surface area contributed by atoms with E-state index in [-0.39, 0.29) is 18.2 Å². The number of amides is 1. The van der Waals surface area contributed by atoms with Crippen molar-refractivity contribution in [3.63, 3.8) is 0 Å². The second-order valence-corrected chi connectivity index (χ2v) is 9.15. The Bertz CT molecular complexity index is 1260. The van der Waals surface area contributed by atoms with Gasteiger partial charge in [0, 0.05) is 5.56 Å². The Kier molecular flexibility index (Phi) is 7.01.